The summed E-state index contributed by atoms with van der Waals surface area (Å²) in [5.41, 5.74) is 3.14. The Hall–Kier alpha value is -1.26. The van der Waals surface area contributed by atoms with Crippen molar-refractivity contribution in [2.75, 3.05) is 32.1 Å². The number of hydrogen-bond donors (Lipinski definition) is 2. The van der Waals surface area contributed by atoms with E-state index in [1.165, 1.54) is 0 Å². The molecule has 0 aliphatic rings. The third kappa shape index (κ3) is 3.24. The summed E-state index contributed by atoms with van der Waals surface area (Å²) in [6.07, 6.45) is 0. The highest BCUT2D eigenvalue weighted by molar-refractivity contribution is 5.49. The molecule has 1 aromatic carbocycles. The predicted octanol–water partition coefficient (Wildman–Crippen LogP) is 1.11. The molecule has 2 N–H and O–H groups in total. The van der Waals surface area contributed by atoms with Crippen molar-refractivity contribution in [1.29, 1.82) is 0 Å². The molecule has 0 amide bonds. The predicted molar refractivity (Wildman–Crippen MR) is 56.1 cm³/mol. The van der Waals surface area contributed by atoms with Gasteiger partial charge in [0.25, 0.3) is 0 Å². The molecule has 14 heavy (non-hydrogen) atoms. The lowest BCUT2D eigenvalue weighted by Crippen LogP contribution is -2.16. The largest absolute Gasteiger partial charge is 0.492 e. The van der Waals surface area contributed by atoms with Crippen LogP contribution in [0.15, 0.2) is 24.3 Å². The lowest BCUT2D eigenvalue weighted by Gasteiger charge is -2.13. The van der Waals surface area contributed by atoms with Crippen molar-refractivity contribution in [3.63, 3.8) is 0 Å². The standard InChI is InChI=1S/C10H16N2O2/c1-12(2)9-4-3-5-10(8-9)14-7-6-11-13/h3-5,8,11,13H,6-7H2,1-2H3. The third-order valence-corrected chi connectivity index (χ3v) is 1.82. The summed E-state index contributed by atoms with van der Waals surface area (Å²) >= 11 is 0. The van der Waals surface area contributed by atoms with Crippen LogP contribution in [0, 0.1) is 0 Å². The van der Waals surface area contributed by atoms with E-state index in [1.54, 1.807) is 0 Å². The second-order valence-electron chi connectivity index (χ2n) is 3.15. The normalized spacial score (nSPS) is 9.93. The highest BCUT2D eigenvalue weighted by Crippen LogP contribution is 2.18. The Bertz CT molecular complexity index is 277. The Balaban J connectivity index is 2.55. The molecule has 0 saturated heterocycles. The number of benzene rings is 1. The van der Waals surface area contributed by atoms with E-state index in [9.17, 15) is 0 Å². The van der Waals surface area contributed by atoms with Gasteiger partial charge in [0.2, 0.25) is 0 Å². The molecule has 0 unspecified atom stereocenters. The van der Waals surface area contributed by atoms with E-state index in [2.05, 4.69) is 0 Å². The lowest BCUT2D eigenvalue weighted by atomic mass is 10.3. The average Bonchev–Trinajstić information content (AvgIpc) is 2.19. The van der Waals surface area contributed by atoms with Crippen LogP contribution in [0.3, 0.4) is 0 Å². The Morgan fingerprint density at radius 1 is 1.43 bits per heavy atom. The summed E-state index contributed by atoms with van der Waals surface area (Å²) in [5, 5.41) is 8.35. The smallest absolute Gasteiger partial charge is 0.121 e. The van der Waals surface area contributed by atoms with Gasteiger partial charge in [-0.1, -0.05) is 6.07 Å². The summed E-state index contributed by atoms with van der Waals surface area (Å²) in [5.74, 6) is 0.812. The number of rotatable bonds is 5. The van der Waals surface area contributed by atoms with Gasteiger partial charge in [-0.25, -0.2) is 5.48 Å². The number of hydrogen-bond acceptors (Lipinski definition) is 4. The van der Waals surface area contributed by atoms with Gasteiger partial charge in [0.15, 0.2) is 0 Å². The first kappa shape index (κ1) is 10.8. The monoisotopic (exact) mass is 196 g/mol. The second-order valence-corrected chi connectivity index (χ2v) is 3.15. The zero-order valence-electron chi connectivity index (χ0n) is 8.53. The van der Waals surface area contributed by atoms with Gasteiger partial charge >= 0.3 is 0 Å². The van der Waals surface area contributed by atoms with Crippen LogP contribution in [0.1, 0.15) is 0 Å². The van der Waals surface area contributed by atoms with Crippen molar-refractivity contribution in [2.24, 2.45) is 0 Å². The minimum absolute atomic E-state index is 0.423. The van der Waals surface area contributed by atoms with Crippen LogP contribution in [0.25, 0.3) is 0 Å². The Kier molecular flexibility index (Phi) is 4.22. The van der Waals surface area contributed by atoms with Crippen LogP contribution in [0.4, 0.5) is 5.69 Å². The number of hydroxylamine groups is 1. The summed E-state index contributed by atoms with van der Waals surface area (Å²) in [4.78, 5) is 2.01. The topological polar surface area (TPSA) is 44.7 Å². The van der Waals surface area contributed by atoms with E-state index in [0.29, 0.717) is 13.2 Å². The molecular formula is C10H16N2O2. The van der Waals surface area contributed by atoms with Crippen LogP contribution < -0.4 is 15.1 Å². The van der Waals surface area contributed by atoms with Crippen LogP contribution in [0.2, 0.25) is 0 Å². The van der Waals surface area contributed by atoms with E-state index < -0.39 is 0 Å². The van der Waals surface area contributed by atoms with E-state index in [0.717, 1.165) is 11.4 Å². The average molecular weight is 196 g/mol. The summed E-state index contributed by atoms with van der Waals surface area (Å²) in [6, 6.07) is 7.80. The Morgan fingerprint density at radius 3 is 2.86 bits per heavy atom. The van der Waals surface area contributed by atoms with Crippen LogP contribution in [-0.2, 0) is 0 Å². The first-order valence-corrected chi connectivity index (χ1v) is 4.51. The molecule has 0 bridgehead atoms. The number of nitrogens with zero attached hydrogens (tertiary/aromatic N) is 1. The molecular weight excluding hydrogens is 180 g/mol. The van der Waals surface area contributed by atoms with Crippen molar-refractivity contribution in [1.82, 2.24) is 5.48 Å². The van der Waals surface area contributed by atoms with E-state index >= 15 is 0 Å². The highest BCUT2D eigenvalue weighted by Gasteiger charge is 1.97. The van der Waals surface area contributed by atoms with E-state index in [4.69, 9.17) is 9.94 Å². The fourth-order valence-corrected chi connectivity index (χ4v) is 1.07. The molecule has 0 atom stereocenters. The molecule has 0 saturated carbocycles. The van der Waals surface area contributed by atoms with Crippen molar-refractivity contribution >= 4 is 5.69 Å². The fraction of sp³-hybridized carbons (Fsp3) is 0.400. The van der Waals surface area contributed by atoms with Gasteiger partial charge in [-0.05, 0) is 12.1 Å². The molecule has 0 aliphatic carbocycles. The molecule has 0 aliphatic heterocycles. The highest BCUT2D eigenvalue weighted by atomic mass is 16.5. The zero-order chi connectivity index (χ0) is 10.4. The zero-order valence-corrected chi connectivity index (χ0v) is 8.53. The maximum atomic E-state index is 8.35. The van der Waals surface area contributed by atoms with Crippen molar-refractivity contribution in [3.8, 4) is 5.75 Å². The molecule has 1 rings (SSSR count). The van der Waals surface area contributed by atoms with E-state index in [1.807, 2.05) is 48.7 Å². The van der Waals surface area contributed by atoms with Gasteiger partial charge in [-0.2, -0.15) is 0 Å². The molecule has 0 radical (unpaired) electrons. The summed E-state index contributed by atoms with van der Waals surface area (Å²) < 4.78 is 5.39. The van der Waals surface area contributed by atoms with Gasteiger partial charge in [-0.15, -0.1) is 0 Å². The van der Waals surface area contributed by atoms with Crippen molar-refractivity contribution < 1.29 is 9.94 Å². The summed E-state index contributed by atoms with van der Waals surface area (Å²) in [7, 11) is 3.96. The van der Waals surface area contributed by atoms with Crippen LogP contribution >= 0.6 is 0 Å². The molecule has 78 valence electrons. The van der Waals surface area contributed by atoms with Gasteiger partial charge in [0.1, 0.15) is 12.4 Å². The molecule has 4 nitrogen and oxygen atoms in total. The third-order valence-electron chi connectivity index (χ3n) is 1.82. The van der Waals surface area contributed by atoms with E-state index in [-0.39, 0.29) is 0 Å². The molecule has 0 aromatic heterocycles. The molecule has 4 heteroatoms. The molecule has 0 fully saturated rings. The van der Waals surface area contributed by atoms with Gasteiger partial charge in [-0.3, -0.25) is 0 Å². The number of anilines is 1. The first-order valence-electron chi connectivity index (χ1n) is 4.51. The van der Waals surface area contributed by atoms with Crippen LogP contribution in [0.5, 0.6) is 5.75 Å². The first-order chi connectivity index (χ1) is 6.74. The van der Waals surface area contributed by atoms with Crippen molar-refractivity contribution in [3.05, 3.63) is 24.3 Å². The minimum atomic E-state index is 0.423. The number of ether oxygens (including phenoxy) is 1. The quantitative estimate of drug-likeness (QED) is 0.547. The van der Waals surface area contributed by atoms with Gasteiger partial charge in [0.05, 0.1) is 6.54 Å². The lowest BCUT2D eigenvalue weighted by molar-refractivity contribution is 0.145. The minimum Gasteiger partial charge on any atom is -0.492 e. The SMILES string of the molecule is CN(C)c1cccc(OCCNO)c1. The maximum Gasteiger partial charge on any atom is 0.121 e. The van der Waals surface area contributed by atoms with Gasteiger partial charge < -0.3 is 14.8 Å². The molecule has 0 heterocycles. The maximum absolute atomic E-state index is 8.35. The number of nitrogens with one attached hydrogen (secondary N) is 1. The van der Waals surface area contributed by atoms with Crippen LogP contribution in [-0.4, -0.2) is 32.5 Å². The molecule has 0 spiro atoms. The van der Waals surface area contributed by atoms with Crippen molar-refractivity contribution in [2.45, 2.75) is 0 Å². The Labute approximate surface area is 84.1 Å². The molecule has 1 aromatic rings. The Morgan fingerprint density at radius 2 is 2.21 bits per heavy atom. The summed E-state index contributed by atoms with van der Waals surface area (Å²) in [6.45, 7) is 0.875. The fourth-order valence-electron chi connectivity index (χ4n) is 1.07. The second kappa shape index (κ2) is 5.47. The van der Waals surface area contributed by atoms with Gasteiger partial charge in [0, 0.05) is 25.8 Å².